The molecule has 0 fully saturated rings. The maximum absolute atomic E-state index is 13.7. The van der Waals surface area contributed by atoms with Gasteiger partial charge >= 0.3 is 0 Å². The molecule has 0 heterocycles. The van der Waals surface area contributed by atoms with Crippen LogP contribution in [-0.4, -0.2) is 7.11 Å². The number of ether oxygens (including phenoxy) is 1. The lowest BCUT2D eigenvalue weighted by molar-refractivity contribution is 0.413. The average Bonchev–Trinajstić information content (AvgIpc) is 2.46. The van der Waals surface area contributed by atoms with E-state index in [-0.39, 0.29) is 5.82 Å². The van der Waals surface area contributed by atoms with Gasteiger partial charge in [0.2, 0.25) is 0 Å². The van der Waals surface area contributed by atoms with E-state index in [1.165, 1.54) is 6.07 Å². The molecule has 0 radical (unpaired) electrons. The summed E-state index contributed by atoms with van der Waals surface area (Å²) < 4.78 is 18.8. The third-order valence-corrected chi connectivity index (χ3v) is 3.82. The van der Waals surface area contributed by atoms with Gasteiger partial charge in [0.1, 0.15) is 11.6 Å². The van der Waals surface area contributed by atoms with Crippen molar-refractivity contribution in [2.75, 3.05) is 7.11 Å². The van der Waals surface area contributed by atoms with Crippen LogP contribution in [0.15, 0.2) is 47.4 Å². The van der Waals surface area contributed by atoms with E-state index in [0.717, 1.165) is 16.2 Å². The molecule has 100 valence electrons. The first-order valence-electron chi connectivity index (χ1n) is 5.97. The monoisotopic (exact) mass is 277 g/mol. The van der Waals surface area contributed by atoms with Crippen LogP contribution < -0.4 is 10.5 Å². The Morgan fingerprint density at radius 1 is 1.21 bits per heavy atom. The number of hydrogen-bond acceptors (Lipinski definition) is 3. The number of nitrogens with two attached hydrogens (primary N) is 1. The Labute approximate surface area is 116 Å². The second kappa shape index (κ2) is 6.59. The summed E-state index contributed by atoms with van der Waals surface area (Å²) in [7, 11) is 1.63. The predicted octanol–water partition coefficient (Wildman–Crippen LogP) is 3.59. The number of rotatable bonds is 5. The molecule has 2 N–H and O–H groups in total. The Balaban J connectivity index is 2.09. The Morgan fingerprint density at radius 3 is 2.79 bits per heavy atom. The lowest BCUT2D eigenvalue weighted by Gasteiger charge is -2.07. The van der Waals surface area contributed by atoms with Gasteiger partial charge in [0.05, 0.1) is 7.11 Å². The Bertz CT molecular complexity index is 560. The predicted molar refractivity (Wildman–Crippen MR) is 76.8 cm³/mol. The van der Waals surface area contributed by atoms with Gasteiger partial charge in [-0.3, -0.25) is 0 Å². The van der Waals surface area contributed by atoms with E-state index < -0.39 is 0 Å². The van der Waals surface area contributed by atoms with Crippen LogP contribution in [0, 0.1) is 5.82 Å². The zero-order valence-electron chi connectivity index (χ0n) is 10.7. The summed E-state index contributed by atoms with van der Waals surface area (Å²) in [6, 6.07) is 12.8. The summed E-state index contributed by atoms with van der Waals surface area (Å²) in [5.74, 6) is 1.20. The fraction of sp³-hybridized carbons (Fsp3) is 0.200. The molecule has 2 aromatic carbocycles. The standard InChI is InChI=1S/C15H16FNOS/c1-18-13-3-2-4-14(8-13)19-10-12-7-11(9-17)5-6-15(12)16/h2-8H,9-10,17H2,1H3. The molecule has 0 unspecified atom stereocenters. The van der Waals surface area contributed by atoms with Gasteiger partial charge in [0, 0.05) is 17.2 Å². The number of thioether (sulfide) groups is 1. The lowest BCUT2D eigenvalue weighted by Crippen LogP contribution is -1.98. The van der Waals surface area contributed by atoms with Crippen molar-refractivity contribution < 1.29 is 9.13 Å². The molecule has 0 aromatic heterocycles. The molecule has 0 atom stereocenters. The van der Waals surface area contributed by atoms with Crippen LogP contribution in [0.5, 0.6) is 5.75 Å². The van der Waals surface area contributed by atoms with Gasteiger partial charge in [-0.1, -0.05) is 18.2 Å². The van der Waals surface area contributed by atoms with Crippen molar-refractivity contribution >= 4 is 11.8 Å². The van der Waals surface area contributed by atoms with Gasteiger partial charge in [0.15, 0.2) is 0 Å². The highest BCUT2D eigenvalue weighted by Gasteiger charge is 2.05. The molecular formula is C15H16FNOS. The third kappa shape index (κ3) is 3.72. The quantitative estimate of drug-likeness (QED) is 0.848. The SMILES string of the molecule is COc1cccc(SCc2cc(CN)ccc2F)c1. The van der Waals surface area contributed by atoms with E-state index in [1.54, 1.807) is 24.9 Å². The van der Waals surface area contributed by atoms with Crippen LogP contribution in [0.2, 0.25) is 0 Å². The van der Waals surface area contributed by atoms with E-state index in [1.807, 2.05) is 30.3 Å². The summed E-state index contributed by atoms with van der Waals surface area (Å²) in [5, 5.41) is 0. The second-order valence-electron chi connectivity index (χ2n) is 4.10. The molecule has 2 nitrogen and oxygen atoms in total. The maximum atomic E-state index is 13.7. The molecule has 0 saturated carbocycles. The van der Waals surface area contributed by atoms with Crippen molar-refractivity contribution in [1.82, 2.24) is 0 Å². The molecule has 2 rings (SSSR count). The lowest BCUT2D eigenvalue weighted by atomic mass is 10.1. The van der Waals surface area contributed by atoms with Crippen LogP contribution in [-0.2, 0) is 12.3 Å². The normalized spacial score (nSPS) is 10.5. The topological polar surface area (TPSA) is 35.2 Å². The van der Waals surface area contributed by atoms with Gasteiger partial charge in [-0.15, -0.1) is 11.8 Å². The van der Waals surface area contributed by atoms with E-state index >= 15 is 0 Å². The van der Waals surface area contributed by atoms with E-state index in [4.69, 9.17) is 10.5 Å². The highest BCUT2D eigenvalue weighted by molar-refractivity contribution is 7.98. The molecular weight excluding hydrogens is 261 g/mol. The third-order valence-electron chi connectivity index (χ3n) is 2.78. The summed E-state index contributed by atoms with van der Waals surface area (Å²) in [5.41, 5.74) is 7.19. The first-order valence-corrected chi connectivity index (χ1v) is 6.95. The molecule has 4 heteroatoms. The molecule has 0 aliphatic carbocycles. The van der Waals surface area contributed by atoms with Crippen molar-refractivity contribution in [2.24, 2.45) is 5.73 Å². The van der Waals surface area contributed by atoms with Crippen molar-refractivity contribution in [3.63, 3.8) is 0 Å². The minimum atomic E-state index is -0.187. The van der Waals surface area contributed by atoms with E-state index in [2.05, 4.69) is 0 Å². The summed E-state index contributed by atoms with van der Waals surface area (Å²) in [4.78, 5) is 1.05. The van der Waals surface area contributed by atoms with Gasteiger partial charge in [-0.2, -0.15) is 0 Å². The summed E-state index contributed by atoms with van der Waals surface area (Å²) in [6.45, 7) is 0.428. The molecule has 19 heavy (non-hydrogen) atoms. The minimum Gasteiger partial charge on any atom is -0.497 e. The molecule has 0 bridgehead atoms. The molecule has 0 amide bonds. The fourth-order valence-electron chi connectivity index (χ4n) is 1.72. The van der Waals surface area contributed by atoms with Crippen LogP contribution >= 0.6 is 11.8 Å². The smallest absolute Gasteiger partial charge is 0.127 e. The zero-order chi connectivity index (χ0) is 13.7. The van der Waals surface area contributed by atoms with Crippen molar-refractivity contribution in [3.8, 4) is 5.75 Å². The van der Waals surface area contributed by atoms with Crippen LogP contribution in [0.1, 0.15) is 11.1 Å². The number of methoxy groups -OCH3 is 1. The first kappa shape index (κ1) is 13.9. The van der Waals surface area contributed by atoms with Crippen LogP contribution in [0.3, 0.4) is 0 Å². The first-order chi connectivity index (χ1) is 9.22. The highest BCUT2D eigenvalue weighted by atomic mass is 32.2. The van der Waals surface area contributed by atoms with E-state index in [9.17, 15) is 4.39 Å². The van der Waals surface area contributed by atoms with Gasteiger partial charge in [-0.05, 0) is 35.4 Å². The largest absolute Gasteiger partial charge is 0.497 e. The zero-order valence-corrected chi connectivity index (χ0v) is 11.5. The second-order valence-corrected chi connectivity index (χ2v) is 5.15. The number of benzene rings is 2. The van der Waals surface area contributed by atoms with Crippen LogP contribution in [0.4, 0.5) is 4.39 Å². The fourth-order valence-corrected chi connectivity index (χ4v) is 2.64. The molecule has 0 aliphatic rings. The van der Waals surface area contributed by atoms with Crippen LogP contribution in [0.25, 0.3) is 0 Å². The highest BCUT2D eigenvalue weighted by Crippen LogP contribution is 2.27. The number of halogens is 1. The van der Waals surface area contributed by atoms with Crippen molar-refractivity contribution in [3.05, 3.63) is 59.4 Å². The molecule has 0 saturated heterocycles. The molecule has 0 spiro atoms. The van der Waals surface area contributed by atoms with E-state index in [0.29, 0.717) is 17.9 Å². The number of hydrogen-bond donors (Lipinski definition) is 1. The van der Waals surface area contributed by atoms with Crippen molar-refractivity contribution in [1.29, 1.82) is 0 Å². The molecule has 2 aromatic rings. The average molecular weight is 277 g/mol. The summed E-state index contributed by atoms with van der Waals surface area (Å²) >= 11 is 1.58. The molecule has 0 aliphatic heterocycles. The Morgan fingerprint density at radius 2 is 2.05 bits per heavy atom. The maximum Gasteiger partial charge on any atom is 0.127 e. The van der Waals surface area contributed by atoms with Gasteiger partial charge in [-0.25, -0.2) is 4.39 Å². The van der Waals surface area contributed by atoms with Crippen molar-refractivity contribution in [2.45, 2.75) is 17.2 Å². The van der Waals surface area contributed by atoms with Gasteiger partial charge in [0.25, 0.3) is 0 Å². The Kier molecular flexibility index (Phi) is 4.82. The van der Waals surface area contributed by atoms with Gasteiger partial charge < -0.3 is 10.5 Å². The summed E-state index contributed by atoms with van der Waals surface area (Å²) in [6.07, 6.45) is 0. The Hall–Kier alpha value is -1.52. The minimum absolute atomic E-state index is 0.187.